The van der Waals surface area contributed by atoms with Crippen LogP contribution in [0.5, 0.6) is 0 Å². The normalized spacial score (nSPS) is 12.2. The highest BCUT2D eigenvalue weighted by molar-refractivity contribution is 5.67. The zero-order chi connectivity index (χ0) is 12.0. The van der Waals surface area contributed by atoms with Crippen LogP contribution in [0.4, 0.5) is 4.79 Å². The van der Waals surface area contributed by atoms with Gasteiger partial charge in [0.15, 0.2) is 0 Å². The van der Waals surface area contributed by atoms with E-state index in [0.29, 0.717) is 6.54 Å². The van der Waals surface area contributed by atoms with Crippen molar-refractivity contribution in [2.24, 2.45) is 5.73 Å². The molecular weight excluding hydrogens is 204 g/mol. The van der Waals surface area contributed by atoms with E-state index in [0.717, 1.165) is 5.56 Å². The van der Waals surface area contributed by atoms with Crippen LogP contribution in [-0.4, -0.2) is 18.7 Å². The van der Waals surface area contributed by atoms with Crippen LogP contribution in [0.2, 0.25) is 0 Å². The smallest absolute Gasteiger partial charge is 0.407 e. The Kier molecular flexibility index (Phi) is 4.79. The Morgan fingerprint density at radius 1 is 1.38 bits per heavy atom. The first-order chi connectivity index (χ1) is 7.59. The van der Waals surface area contributed by atoms with E-state index in [1.165, 1.54) is 0 Å². The summed E-state index contributed by atoms with van der Waals surface area (Å²) in [6.07, 6.45) is -0.547. The average molecular weight is 222 g/mol. The lowest BCUT2D eigenvalue weighted by molar-refractivity contribution is 0.115. The van der Waals surface area contributed by atoms with E-state index in [1.54, 1.807) is 13.8 Å². The SMILES string of the molecule is CC(C)OC(=O)NCC(N)c1ccccc1. The Morgan fingerprint density at radius 2 is 2.00 bits per heavy atom. The Labute approximate surface area is 95.8 Å². The maximum absolute atomic E-state index is 11.2. The van der Waals surface area contributed by atoms with Gasteiger partial charge in [-0.05, 0) is 19.4 Å². The highest BCUT2D eigenvalue weighted by Crippen LogP contribution is 2.07. The molecule has 4 nitrogen and oxygen atoms in total. The predicted octanol–water partition coefficient (Wildman–Crippen LogP) is 1.82. The fourth-order valence-corrected chi connectivity index (χ4v) is 1.27. The van der Waals surface area contributed by atoms with Crippen molar-refractivity contribution >= 4 is 6.09 Å². The number of carbonyl (C=O) groups excluding carboxylic acids is 1. The molecule has 88 valence electrons. The lowest BCUT2D eigenvalue weighted by Gasteiger charge is -2.14. The predicted molar refractivity (Wildman–Crippen MR) is 63.0 cm³/mol. The molecule has 4 heteroatoms. The molecule has 0 aliphatic rings. The first-order valence-electron chi connectivity index (χ1n) is 5.34. The highest BCUT2D eigenvalue weighted by atomic mass is 16.6. The molecule has 0 heterocycles. The largest absolute Gasteiger partial charge is 0.447 e. The van der Waals surface area contributed by atoms with Crippen molar-refractivity contribution in [3.63, 3.8) is 0 Å². The summed E-state index contributed by atoms with van der Waals surface area (Å²) in [6.45, 7) is 3.98. The van der Waals surface area contributed by atoms with Crippen molar-refractivity contribution < 1.29 is 9.53 Å². The molecule has 0 saturated carbocycles. The van der Waals surface area contributed by atoms with Crippen LogP contribution in [0.15, 0.2) is 30.3 Å². The molecule has 3 N–H and O–H groups in total. The third-order valence-electron chi connectivity index (χ3n) is 2.04. The summed E-state index contributed by atoms with van der Waals surface area (Å²) < 4.78 is 4.93. The fraction of sp³-hybridized carbons (Fsp3) is 0.417. The second-order valence-electron chi connectivity index (χ2n) is 3.85. The van der Waals surface area contributed by atoms with Crippen LogP contribution >= 0.6 is 0 Å². The summed E-state index contributed by atoms with van der Waals surface area (Å²) in [5.41, 5.74) is 6.90. The van der Waals surface area contributed by atoms with E-state index in [-0.39, 0.29) is 12.1 Å². The van der Waals surface area contributed by atoms with Crippen molar-refractivity contribution in [3.05, 3.63) is 35.9 Å². The number of nitrogens with one attached hydrogen (secondary N) is 1. The standard InChI is InChI=1S/C12H18N2O2/c1-9(2)16-12(15)14-8-11(13)10-6-4-3-5-7-10/h3-7,9,11H,8,13H2,1-2H3,(H,14,15). The van der Waals surface area contributed by atoms with Gasteiger partial charge in [-0.15, -0.1) is 0 Å². The number of ether oxygens (including phenoxy) is 1. The Balaban J connectivity index is 2.36. The zero-order valence-electron chi connectivity index (χ0n) is 9.64. The third-order valence-corrected chi connectivity index (χ3v) is 2.04. The molecular formula is C12H18N2O2. The molecule has 1 amide bonds. The van der Waals surface area contributed by atoms with Crippen LogP contribution in [0.3, 0.4) is 0 Å². The third kappa shape index (κ3) is 4.31. The number of benzene rings is 1. The van der Waals surface area contributed by atoms with Crippen LogP contribution in [-0.2, 0) is 4.74 Å². The van der Waals surface area contributed by atoms with Gasteiger partial charge in [-0.1, -0.05) is 30.3 Å². The van der Waals surface area contributed by atoms with Gasteiger partial charge in [-0.2, -0.15) is 0 Å². The highest BCUT2D eigenvalue weighted by Gasteiger charge is 2.09. The molecule has 16 heavy (non-hydrogen) atoms. The summed E-state index contributed by atoms with van der Waals surface area (Å²) in [5.74, 6) is 0. The molecule has 0 aromatic heterocycles. The van der Waals surface area contributed by atoms with Gasteiger partial charge in [0, 0.05) is 12.6 Å². The summed E-state index contributed by atoms with van der Waals surface area (Å²) in [7, 11) is 0. The number of hydrogen-bond donors (Lipinski definition) is 2. The van der Waals surface area contributed by atoms with Gasteiger partial charge in [0.05, 0.1) is 6.10 Å². The van der Waals surface area contributed by atoms with Gasteiger partial charge in [-0.25, -0.2) is 4.79 Å². The van der Waals surface area contributed by atoms with E-state index in [4.69, 9.17) is 10.5 Å². The Morgan fingerprint density at radius 3 is 2.56 bits per heavy atom. The first-order valence-corrected chi connectivity index (χ1v) is 5.34. The van der Waals surface area contributed by atoms with Gasteiger partial charge in [-0.3, -0.25) is 0 Å². The van der Waals surface area contributed by atoms with Crippen molar-refractivity contribution in [1.29, 1.82) is 0 Å². The maximum Gasteiger partial charge on any atom is 0.407 e. The van der Waals surface area contributed by atoms with Gasteiger partial charge in [0.2, 0.25) is 0 Å². The lowest BCUT2D eigenvalue weighted by atomic mass is 10.1. The minimum atomic E-state index is -0.429. The molecule has 1 atom stereocenters. The van der Waals surface area contributed by atoms with Crippen molar-refractivity contribution in [2.45, 2.75) is 26.0 Å². The first kappa shape index (κ1) is 12.5. The molecule has 0 aliphatic carbocycles. The molecule has 0 aliphatic heterocycles. The monoisotopic (exact) mass is 222 g/mol. The lowest BCUT2D eigenvalue weighted by Crippen LogP contribution is -2.33. The molecule has 1 aromatic rings. The minimum Gasteiger partial charge on any atom is -0.447 e. The topological polar surface area (TPSA) is 64.3 Å². The van der Waals surface area contributed by atoms with Crippen molar-refractivity contribution in [2.75, 3.05) is 6.54 Å². The number of rotatable bonds is 4. The summed E-state index contributed by atoms with van der Waals surface area (Å²) in [6, 6.07) is 9.42. The van der Waals surface area contributed by atoms with Crippen LogP contribution in [0.1, 0.15) is 25.5 Å². The Hall–Kier alpha value is -1.55. The number of hydrogen-bond acceptors (Lipinski definition) is 3. The van der Waals surface area contributed by atoms with Gasteiger partial charge >= 0.3 is 6.09 Å². The van der Waals surface area contributed by atoms with E-state index in [1.807, 2.05) is 30.3 Å². The fourth-order valence-electron chi connectivity index (χ4n) is 1.27. The molecule has 1 aromatic carbocycles. The molecule has 1 rings (SSSR count). The van der Waals surface area contributed by atoms with E-state index in [9.17, 15) is 4.79 Å². The van der Waals surface area contributed by atoms with Crippen molar-refractivity contribution in [1.82, 2.24) is 5.32 Å². The second-order valence-corrected chi connectivity index (χ2v) is 3.85. The number of nitrogens with two attached hydrogens (primary N) is 1. The van der Waals surface area contributed by atoms with Crippen LogP contribution in [0.25, 0.3) is 0 Å². The second kappa shape index (κ2) is 6.12. The maximum atomic E-state index is 11.2. The van der Waals surface area contributed by atoms with E-state index in [2.05, 4.69) is 5.32 Å². The van der Waals surface area contributed by atoms with E-state index < -0.39 is 6.09 Å². The van der Waals surface area contributed by atoms with Gasteiger partial charge < -0.3 is 15.8 Å². The molecule has 0 bridgehead atoms. The minimum absolute atomic E-state index is 0.118. The van der Waals surface area contributed by atoms with Crippen molar-refractivity contribution in [3.8, 4) is 0 Å². The number of alkyl carbamates (subject to hydrolysis) is 1. The molecule has 0 saturated heterocycles. The summed E-state index contributed by atoms with van der Waals surface area (Å²) >= 11 is 0. The Bertz CT molecular complexity index is 325. The molecule has 0 fully saturated rings. The van der Waals surface area contributed by atoms with Gasteiger partial charge in [0.25, 0.3) is 0 Å². The van der Waals surface area contributed by atoms with Crippen LogP contribution < -0.4 is 11.1 Å². The zero-order valence-corrected chi connectivity index (χ0v) is 9.64. The number of amides is 1. The van der Waals surface area contributed by atoms with Crippen LogP contribution in [0, 0.1) is 0 Å². The quantitative estimate of drug-likeness (QED) is 0.816. The summed E-state index contributed by atoms with van der Waals surface area (Å²) in [4.78, 5) is 11.2. The average Bonchev–Trinajstić information content (AvgIpc) is 2.26. The summed E-state index contributed by atoms with van der Waals surface area (Å²) in [5, 5.41) is 2.63. The molecule has 0 spiro atoms. The van der Waals surface area contributed by atoms with Gasteiger partial charge in [0.1, 0.15) is 0 Å². The molecule has 1 unspecified atom stereocenters. The van der Waals surface area contributed by atoms with E-state index >= 15 is 0 Å². The number of carbonyl (C=O) groups is 1. The molecule has 0 radical (unpaired) electrons.